The SMILES string of the molecule is Cc1ccc(S(=O)Cc2nc3cc(N)ccc3o2)c(C)c1. The number of oxazole rings is 1. The van der Waals surface area contributed by atoms with Crippen LogP contribution in [0, 0.1) is 13.8 Å². The zero-order chi connectivity index (χ0) is 15.0. The van der Waals surface area contributed by atoms with Crippen molar-refractivity contribution in [3.8, 4) is 0 Å². The van der Waals surface area contributed by atoms with E-state index in [2.05, 4.69) is 4.98 Å². The first kappa shape index (κ1) is 13.8. The minimum atomic E-state index is -1.17. The van der Waals surface area contributed by atoms with Gasteiger partial charge in [-0.25, -0.2) is 4.98 Å². The number of hydrogen-bond acceptors (Lipinski definition) is 4. The van der Waals surface area contributed by atoms with Gasteiger partial charge in [-0.2, -0.15) is 0 Å². The van der Waals surface area contributed by atoms with Gasteiger partial charge in [0.25, 0.3) is 0 Å². The molecule has 0 aliphatic rings. The summed E-state index contributed by atoms with van der Waals surface area (Å²) in [5, 5.41) is 0. The van der Waals surface area contributed by atoms with Crippen LogP contribution in [0.2, 0.25) is 0 Å². The number of anilines is 1. The lowest BCUT2D eigenvalue weighted by atomic mass is 10.2. The maximum atomic E-state index is 12.5. The van der Waals surface area contributed by atoms with Gasteiger partial charge in [-0.3, -0.25) is 4.21 Å². The van der Waals surface area contributed by atoms with Crippen LogP contribution in [-0.4, -0.2) is 9.19 Å². The molecule has 0 bridgehead atoms. The molecule has 1 aromatic heterocycles. The zero-order valence-electron chi connectivity index (χ0n) is 11.9. The highest BCUT2D eigenvalue weighted by molar-refractivity contribution is 7.84. The standard InChI is InChI=1S/C16H16N2O2S/c1-10-3-6-15(11(2)7-10)21(19)9-16-18-13-8-12(17)4-5-14(13)20-16/h3-8H,9,17H2,1-2H3. The number of hydrogen-bond donors (Lipinski definition) is 1. The van der Waals surface area contributed by atoms with Crippen molar-refractivity contribution in [2.45, 2.75) is 24.5 Å². The third-order valence-electron chi connectivity index (χ3n) is 3.29. The van der Waals surface area contributed by atoms with E-state index >= 15 is 0 Å². The third-order valence-corrected chi connectivity index (χ3v) is 4.74. The number of rotatable bonds is 3. The summed E-state index contributed by atoms with van der Waals surface area (Å²) in [4.78, 5) is 5.17. The number of aryl methyl sites for hydroxylation is 2. The Hall–Kier alpha value is -2.14. The average Bonchev–Trinajstić information content (AvgIpc) is 2.79. The first-order chi connectivity index (χ1) is 10.0. The monoisotopic (exact) mass is 300 g/mol. The van der Waals surface area contributed by atoms with Crippen LogP contribution in [0.5, 0.6) is 0 Å². The normalized spacial score (nSPS) is 12.7. The van der Waals surface area contributed by atoms with Crippen LogP contribution in [-0.2, 0) is 16.6 Å². The molecular formula is C16H16N2O2S. The number of fused-ring (bicyclic) bond motifs is 1. The highest BCUT2D eigenvalue weighted by Crippen LogP contribution is 2.22. The summed E-state index contributed by atoms with van der Waals surface area (Å²) in [5.74, 6) is 0.729. The number of benzene rings is 2. The van der Waals surface area contributed by atoms with Crippen LogP contribution in [0.1, 0.15) is 17.0 Å². The van der Waals surface area contributed by atoms with Crippen LogP contribution in [0.3, 0.4) is 0 Å². The molecule has 0 aliphatic carbocycles. The molecule has 5 heteroatoms. The van der Waals surface area contributed by atoms with Gasteiger partial charge in [-0.1, -0.05) is 17.7 Å². The van der Waals surface area contributed by atoms with E-state index in [1.807, 2.05) is 32.0 Å². The fourth-order valence-corrected chi connectivity index (χ4v) is 3.44. The first-order valence-electron chi connectivity index (χ1n) is 6.63. The fraction of sp³-hybridized carbons (Fsp3) is 0.188. The summed E-state index contributed by atoms with van der Waals surface area (Å²) < 4.78 is 18.1. The van der Waals surface area contributed by atoms with Gasteiger partial charge in [0.05, 0.1) is 10.8 Å². The molecule has 108 valence electrons. The molecule has 1 atom stereocenters. The van der Waals surface area contributed by atoms with Crippen LogP contribution in [0.4, 0.5) is 5.69 Å². The number of nitrogens with zero attached hydrogens (tertiary/aromatic N) is 1. The Bertz CT molecular complexity index is 839. The Labute approximate surface area is 125 Å². The van der Waals surface area contributed by atoms with Crippen molar-refractivity contribution >= 4 is 27.6 Å². The van der Waals surface area contributed by atoms with Crippen LogP contribution in [0.15, 0.2) is 45.7 Å². The van der Waals surface area contributed by atoms with Crippen molar-refractivity contribution in [2.24, 2.45) is 0 Å². The zero-order valence-corrected chi connectivity index (χ0v) is 12.7. The van der Waals surface area contributed by atoms with Crippen LogP contribution in [0.25, 0.3) is 11.1 Å². The van der Waals surface area contributed by atoms with Gasteiger partial charge in [-0.05, 0) is 43.7 Å². The average molecular weight is 300 g/mol. The van der Waals surface area contributed by atoms with Crippen LogP contribution < -0.4 is 5.73 Å². The summed E-state index contributed by atoms with van der Waals surface area (Å²) in [5.41, 5.74) is 9.90. The molecule has 1 heterocycles. The number of nitrogens with two attached hydrogens (primary N) is 1. The Kier molecular flexibility index (Phi) is 3.51. The Morgan fingerprint density at radius 2 is 2.00 bits per heavy atom. The van der Waals surface area contributed by atoms with Crippen molar-refractivity contribution < 1.29 is 8.63 Å². The summed E-state index contributed by atoms with van der Waals surface area (Å²) in [6, 6.07) is 11.2. The largest absolute Gasteiger partial charge is 0.440 e. The molecule has 3 rings (SSSR count). The van der Waals surface area contributed by atoms with Crippen molar-refractivity contribution in [2.75, 3.05) is 5.73 Å². The number of nitrogen functional groups attached to an aromatic ring is 1. The molecule has 0 aliphatic heterocycles. The van der Waals surface area contributed by atoms with Crippen molar-refractivity contribution in [3.05, 3.63) is 53.4 Å². The summed E-state index contributed by atoms with van der Waals surface area (Å²) in [6.45, 7) is 3.98. The molecule has 0 spiro atoms. The van der Waals surface area contributed by atoms with E-state index in [1.54, 1.807) is 18.2 Å². The molecule has 0 fully saturated rings. The van der Waals surface area contributed by atoms with Gasteiger partial charge in [-0.15, -0.1) is 0 Å². The maximum absolute atomic E-state index is 12.5. The fourth-order valence-electron chi connectivity index (χ4n) is 2.30. The summed E-state index contributed by atoms with van der Waals surface area (Å²) in [6.07, 6.45) is 0. The molecule has 4 nitrogen and oxygen atoms in total. The Balaban J connectivity index is 1.89. The molecule has 0 amide bonds. The van der Waals surface area contributed by atoms with Crippen molar-refractivity contribution in [1.82, 2.24) is 4.98 Å². The highest BCUT2D eigenvalue weighted by atomic mass is 32.2. The summed E-state index contributed by atoms with van der Waals surface area (Å²) in [7, 11) is -1.17. The van der Waals surface area contributed by atoms with Crippen molar-refractivity contribution in [3.63, 3.8) is 0 Å². The van der Waals surface area contributed by atoms with Gasteiger partial charge in [0, 0.05) is 10.6 Å². The number of aromatic nitrogens is 1. The molecule has 0 saturated carbocycles. The van der Waals surface area contributed by atoms with Gasteiger partial charge < -0.3 is 10.2 Å². The van der Waals surface area contributed by atoms with Crippen LogP contribution >= 0.6 is 0 Å². The molecular weight excluding hydrogens is 284 g/mol. The Morgan fingerprint density at radius 1 is 1.19 bits per heavy atom. The second-order valence-electron chi connectivity index (χ2n) is 5.09. The van der Waals surface area contributed by atoms with E-state index < -0.39 is 10.8 Å². The quantitative estimate of drug-likeness (QED) is 0.753. The van der Waals surface area contributed by atoms with Gasteiger partial charge in [0.1, 0.15) is 11.3 Å². The third kappa shape index (κ3) is 2.83. The maximum Gasteiger partial charge on any atom is 0.208 e. The Morgan fingerprint density at radius 3 is 2.76 bits per heavy atom. The molecule has 21 heavy (non-hydrogen) atoms. The smallest absolute Gasteiger partial charge is 0.208 e. The second-order valence-corrected chi connectivity index (χ2v) is 6.51. The van der Waals surface area contributed by atoms with E-state index in [0.29, 0.717) is 22.7 Å². The van der Waals surface area contributed by atoms with E-state index in [4.69, 9.17) is 10.2 Å². The lowest BCUT2D eigenvalue weighted by Crippen LogP contribution is -1.99. The molecule has 2 aromatic carbocycles. The van der Waals surface area contributed by atoms with Gasteiger partial charge in [0.15, 0.2) is 5.58 Å². The van der Waals surface area contributed by atoms with E-state index in [9.17, 15) is 4.21 Å². The van der Waals surface area contributed by atoms with E-state index in [-0.39, 0.29) is 5.75 Å². The topological polar surface area (TPSA) is 69.1 Å². The second kappa shape index (κ2) is 5.33. The molecule has 2 N–H and O–H groups in total. The molecule has 3 aromatic rings. The lowest BCUT2D eigenvalue weighted by Gasteiger charge is -2.05. The molecule has 0 radical (unpaired) electrons. The lowest BCUT2D eigenvalue weighted by molar-refractivity contribution is 0.552. The first-order valence-corrected chi connectivity index (χ1v) is 7.95. The van der Waals surface area contributed by atoms with E-state index in [0.717, 1.165) is 16.0 Å². The van der Waals surface area contributed by atoms with E-state index in [1.165, 1.54) is 0 Å². The minimum absolute atomic E-state index is 0.262. The molecule has 1 unspecified atom stereocenters. The summed E-state index contributed by atoms with van der Waals surface area (Å²) >= 11 is 0. The minimum Gasteiger partial charge on any atom is -0.440 e. The van der Waals surface area contributed by atoms with Gasteiger partial charge >= 0.3 is 0 Å². The highest BCUT2D eigenvalue weighted by Gasteiger charge is 2.13. The predicted octanol–water partition coefficient (Wildman–Crippen LogP) is 3.33. The van der Waals surface area contributed by atoms with Crippen molar-refractivity contribution in [1.29, 1.82) is 0 Å². The predicted molar refractivity (Wildman–Crippen MR) is 84.4 cm³/mol. The molecule has 0 saturated heterocycles. The van der Waals surface area contributed by atoms with Gasteiger partial charge in [0.2, 0.25) is 5.89 Å².